The highest BCUT2D eigenvalue weighted by molar-refractivity contribution is 5.41. The van der Waals surface area contributed by atoms with Gasteiger partial charge in [-0.1, -0.05) is 0 Å². The summed E-state index contributed by atoms with van der Waals surface area (Å²) in [4.78, 5) is 13.3. The number of anilines is 1. The summed E-state index contributed by atoms with van der Waals surface area (Å²) in [6, 6.07) is 1.48. The molecule has 0 unspecified atom stereocenters. The Balaban J connectivity index is 2.86. The fourth-order valence-electron chi connectivity index (χ4n) is 1.22. The largest absolute Gasteiger partial charge is 0.394 e. The molecule has 1 rings (SSSR count). The third-order valence-corrected chi connectivity index (χ3v) is 2.07. The summed E-state index contributed by atoms with van der Waals surface area (Å²) >= 11 is 0. The van der Waals surface area contributed by atoms with Crippen molar-refractivity contribution in [2.75, 3.05) is 31.6 Å². The van der Waals surface area contributed by atoms with Crippen molar-refractivity contribution in [3.05, 3.63) is 22.6 Å². The van der Waals surface area contributed by atoms with E-state index in [4.69, 9.17) is 10.8 Å². The summed E-state index contributed by atoms with van der Waals surface area (Å²) in [5, 5.41) is 12.6. The van der Waals surface area contributed by atoms with Gasteiger partial charge in [0.15, 0.2) is 0 Å². The van der Waals surface area contributed by atoms with Crippen molar-refractivity contribution in [3.63, 3.8) is 0 Å². The molecule has 0 radical (unpaired) electrons. The van der Waals surface area contributed by atoms with Crippen LogP contribution in [-0.4, -0.2) is 41.6 Å². The van der Waals surface area contributed by atoms with Gasteiger partial charge >= 0.3 is 0 Å². The Bertz CT molecular complexity index is 363. The monoisotopic (exact) mass is 212 g/mol. The van der Waals surface area contributed by atoms with Gasteiger partial charge < -0.3 is 15.7 Å². The summed E-state index contributed by atoms with van der Waals surface area (Å²) in [5.41, 5.74) is 5.92. The molecule has 3 N–H and O–H groups in total. The predicted molar refractivity (Wildman–Crippen MR) is 57.9 cm³/mol. The van der Waals surface area contributed by atoms with Gasteiger partial charge in [-0.05, 0) is 0 Å². The van der Waals surface area contributed by atoms with Crippen molar-refractivity contribution in [1.82, 2.24) is 9.78 Å². The van der Waals surface area contributed by atoms with Crippen LogP contribution in [0.5, 0.6) is 0 Å². The predicted octanol–water partition coefficient (Wildman–Crippen LogP) is -1.37. The minimum atomic E-state index is -0.217. The summed E-state index contributed by atoms with van der Waals surface area (Å²) in [7, 11) is 1.85. The third-order valence-electron chi connectivity index (χ3n) is 2.07. The molecule has 84 valence electrons. The SMILES string of the molecule is CN(CCN)c1cnn(CCO)c(=O)c1. The Morgan fingerprint density at radius 3 is 2.93 bits per heavy atom. The quantitative estimate of drug-likeness (QED) is 0.629. The van der Waals surface area contributed by atoms with E-state index in [0.717, 1.165) is 5.69 Å². The van der Waals surface area contributed by atoms with Gasteiger partial charge in [0.05, 0.1) is 25.0 Å². The summed E-state index contributed by atoms with van der Waals surface area (Å²) in [6.07, 6.45) is 1.59. The molecular formula is C9H16N4O2. The molecule has 0 saturated heterocycles. The number of hydrogen-bond donors (Lipinski definition) is 2. The first-order valence-corrected chi connectivity index (χ1v) is 4.78. The van der Waals surface area contributed by atoms with Crippen LogP contribution in [0.25, 0.3) is 0 Å². The topological polar surface area (TPSA) is 84.4 Å². The second-order valence-electron chi connectivity index (χ2n) is 3.21. The van der Waals surface area contributed by atoms with Crippen LogP contribution >= 0.6 is 0 Å². The van der Waals surface area contributed by atoms with E-state index < -0.39 is 0 Å². The van der Waals surface area contributed by atoms with Crippen molar-refractivity contribution >= 4 is 5.69 Å². The molecule has 6 nitrogen and oxygen atoms in total. The normalized spacial score (nSPS) is 10.3. The minimum Gasteiger partial charge on any atom is -0.394 e. The molecule has 0 atom stereocenters. The van der Waals surface area contributed by atoms with E-state index in [1.54, 1.807) is 6.20 Å². The Morgan fingerprint density at radius 1 is 1.67 bits per heavy atom. The molecule has 0 aliphatic carbocycles. The number of aromatic nitrogens is 2. The first-order chi connectivity index (χ1) is 7.19. The van der Waals surface area contributed by atoms with Gasteiger partial charge in [0, 0.05) is 26.2 Å². The van der Waals surface area contributed by atoms with Gasteiger partial charge in [-0.15, -0.1) is 0 Å². The van der Waals surface area contributed by atoms with Crippen LogP contribution in [0.15, 0.2) is 17.1 Å². The highest BCUT2D eigenvalue weighted by Crippen LogP contribution is 2.05. The van der Waals surface area contributed by atoms with Gasteiger partial charge in [0.1, 0.15) is 0 Å². The number of hydrogen-bond acceptors (Lipinski definition) is 5. The van der Waals surface area contributed by atoms with E-state index in [2.05, 4.69) is 5.10 Å². The Morgan fingerprint density at radius 2 is 2.40 bits per heavy atom. The number of aliphatic hydroxyl groups is 1. The molecule has 0 spiro atoms. The number of likely N-dealkylation sites (N-methyl/N-ethyl adjacent to an activating group) is 1. The molecule has 15 heavy (non-hydrogen) atoms. The Hall–Kier alpha value is -1.40. The van der Waals surface area contributed by atoms with Crippen molar-refractivity contribution in [1.29, 1.82) is 0 Å². The van der Waals surface area contributed by atoms with Crippen molar-refractivity contribution in [2.45, 2.75) is 6.54 Å². The van der Waals surface area contributed by atoms with Gasteiger partial charge in [-0.2, -0.15) is 5.10 Å². The zero-order valence-electron chi connectivity index (χ0n) is 8.76. The first kappa shape index (κ1) is 11.7. The van der Waals surface area contributed by atoms with E-state index in [1.807, 2.05) is 11.9 Å². The van der Waals surface area contributed by atoms with Crippen LogP contribution in [0.3, 0.4) is 0 Å². The molecule has 1 heterocycles. The lowest BCUT2D eigenvalue weighted by Gasteiger charge is -2.17. The number of rotatable bonds is 5. The Kier molecular flexibility index (Phi) is 4.26. The fourth-order valence-corrected chi connectivity index (χ4v) is 1.22. The standard InChI is InChI=1S/C9H16N4O2/c1-12(3-2-10)8-6-9(15)13(4-5-14)11-7-8/h6-7,14H,2-5,10H2,1H3. The van der Waals surface area contributed by atoms with Crippen LogP contribution in [-0.2, 0) is 6.54 Å². The van der Waals surface area contributed by atoms with E-state index in [1.165, 1.54) is 10.7 Å². The molecule has 0 fully saturated rings. The minimum absolute atomic E-state index is 0.0924. The molecule has 0 aromatic carbocycles. The average molecular weight is 212 g/mol. The molecule has 0 amide bonds. The second kappa shape index (κ2) is 5.47. The van der Waals surface area contributed by atoms with Crippen molar-refractivity contribution < 1.29 is 5.11 Å². The molecular weight excluding hydrogens is 196 g/mol. The highest BCUT2D eigenvalue weighted by Gasteiger charge is 2.03. The van der Waals surface area contributed by atoms with Gasteiger partial charge in [-0.25, -0.2) is 4.68 Å². The first-order valence-electron chi connectivity index (χ1n) is 4.78. The van der Waals surface area contributed by atoms with Crippen molar-refractivity contribution in [3.8, 4) is 0 Å². The fraction of sp³-hybridized carbons (Fsp3) is 0.556. The maximum absolute atomic E-state index is 11.5. The lowest BCUT2D eigenvalue weighted by atomic mass is 10.4. The van der Waals surface area contributed by atoms with E-state index in [0.29, 0.717) is 13.1 Å². The van der Waals surface area contributed by atoms with Gasteiger partial charge in [-0.3, -0.25) is 4.79 Å². The van der Waals surface area contributed by atoms with Crippen LogP contribution in [0.1, 0.15) is 0 Å². The maximum Gasteiger partial charge on any atom is 0.268 e. The molecule has 0 bridgehead atoms. The molecule has 1 aromatic heterocycles. The molecule has 0 aliphatic heterocycles. The second-order valence-corrected chi connectivity index (χ2v) is 3.21. The van der Waals surface area contributed by atoms with Crippen LogP contribution < -0.4 is 16.2 Å². The Labute approximate surface area is 87.9 Å². The third kappa shape index (κ3) is 3.03. The van der Waals surface area contributed by atoms with Crippen molar-refractivity contribution in [2.24, 2.45) is 5.73 Å². The summed E-state index contributed by atoms with van der Waals surface area (Å²) < 4.78 is 1.22. The summed E-state index contributed by atoms with van der Waals surface area (Å²) in [5.74, 6) is 0. The lowest BCUT2D eigenvalue weighted by molar-refractivity contribution is 0.266. The molecule has 1 aromatic rings. The van der Waals surface area contributed by atoms with Crippen LogP contribution in [0.4, 0.5) is 5.69 Å². The highest BCUT2D eigenvalue weighted by atomic mass is 16.3. The number of nitrogens with zero attached hydrogens (tertiary/aromatic N) is 3. The number of aliphatic hydroxyl groups excluding tert-OH is 1. The molecule has 6 heteroatoms. The van der Waals surface area contributed by atoms with Gasteiger partial charge in [0.25, 0.3) is 5.56 Å². The van der Waals surface area contributed by atoms with E-state index in [9.17, 15) is 4.79 Å². The van der Waals surface area contributed by atoms with E-state index in [-0.39, 0.29) is 18.7 Å². The van der Waals surface area contributed by atoms with Crippen LogP contribution in [0.2, 0.25) is 0 Å². The lowest BCUT2D eigenvalue weighted by Crippen LogP contribution is -2.29. The number of nitrogens with two attached hydrogens (primary N) is 1. The van der Waals surface area contributed by atoms with E-state index >= 15 is 0 Å². The molecule has 0 saturated carbocycles. The average Bonchev–Trinajstić information content (AvgIpc) is 2.21. The van der Waals surface area contributed by atoms with Gasteiger partial charge in [0.2, 0.25) is 0 Å². The summed E-state index contributed by atoms with van der Waals surface area (Å²) in [6.45, 7) is 1.33. The smallest absolute Gasteiger partial charge is 0.268 e. The maximum atomic E-state index is 11.5. The zero-order valence-corrected chi connectivity index (χ0v) is 8.76. The molecule has 0 aliphatic rings. The zero-order chi connectivity index (χ0) is 11.3. The van der Waals surface area contributed by atoms with Crippen LogP contribution in [0, 0.1) is 0 Å².